The third-order valence-electron chi connectivity index (χ3n) is 1.73. The predicted octanol–water partition coefficient (Wildman–Crippen LogP) is 1.55. The van der Waals surface area contributed by atoms with Gasteiger partial charge in [-0.15, -0.1) is 6.42 Å². The highest BCUT2D eigenvalue weighted by Crippen LogP contribution is 2.14. The minimum absolute atomic E-state index is 0.0604. The zero-order valence-electron chi connectivity index (χ0n) is 6.88. The smallest absolute Gasteiger partial charge is 0.159 e. The number of hydrogen-bond donors (Lipinski definition) is 0. The SMILES string of the molecule is C#CC(C)OC1CCCCO1. The van der Waals surface area contributed by atoms with Gasteiger partial charge in [-0.25, -0.2) is 0 Å². The Morgan fingerprint density at radius 2 is 2.45 bits per heavy atom. The molecular weight excluding hydrogens is 140 g/mol. The lowest BCUT2D eigenvalue weighted by atomic mass is 10.2. The van der Waals surface area contributed by atoms with Gasteiger partial charge in [-0.2, -0.15) is 0 Å². The summed E-state index contributed by atoms with van der Waals surface area (Å²) >= 11 is 0. The molecule has 0 spiro atoms. The molecule has 1 aliphatic heterocycles. The zero-order chi connectivity index (χ0) is 8.10. The molecule has 1 saturated heterocycles. The fourth-order valence-corrected chi connectivity index (χ4v) is 1.09. The Morgan fingerprint density at radius 3 is 3.00 bits per heavy atom. The van der Waals surface area contributed by atoms with Gasteiger partial charge in [0.05, 0.1) is 0 Å². The zero-order valence-corrected chi connectivity index (χ0v) is 6.88. The molecule has 0 bridgehead atoms. The monoisotopic (exact) mass is 154 g/mol. The lowest BCUT2D eigenvalue weighted by molar-refractivity contribution is -0.173. The topological polar surface area (TPSA) is 18.5 Å². The van der Waals surface area contributed by atoms with Gasteiger partial charge in [0, 0.05) is 6.61 Å². The Kier molecular flexibility index (Phi) is 3.41. The maximum absolute atomic E-state index is 5.38. The van der Waals surface area contributed by atoms with Crippen molar-refractivity contribution in [2.45, 2.75) is 38.6 Å². The second-order valence-corrected chi connectivity index (χ2v) is 2.74. The van der Waals surface area contributed by atoms with Crippen LogP contribution in [0, 0.1) is 12.3 Å². The van der Waals surface area contributed by atoms with Gasteiger partial charge in [0.1, 0.15) is 6.10 Å². The van der Waals surface area contributed by atoms with Crippen LogP contribution >= 0.6 is 0 Å². The average molecular weight is 154 g/mol. The summed E-state index contributed by atoms with van der Waals surface area (Å²) in [5.41, 5.74) is 0. The Morgan fingerprint density at radius 1 is 1.64 bits per heavy atom. The minimum atomic E-state index is -0.127. The van der Waals surface area contributed by atoms with Crippen molar-refractivity contribution in [3.8, 4) is 12.3 Å². The molecule has 1 heterocycles. The van der Waals surface area contributed by atoms with Gasteiger partial charge in [-0.3, -0.25) is 0 Å². The van der Waals surface area contributed by atoms with Crippen LogP contribution in [0.25, 0.3) is 0 Å². The molecule has 0 amide bonds. The molecule has 11 heavy (non-hydrogen) atoms. The van der Waals surface area contributed by atoms with Crippen LogP contribution in [0.4, 0.5) is 0 Å². The fraction of sp³-hybridized carbons (Fsp3) is 0.778. The highest BCUT2D eigenvalue weighted by molar-refractivity contribution is 4.91. The highest BCUT2D eigenvalue weighted by Gasteiger charge is 2.15. The van der Waals surface area contributed by atoms with Gasteiger partial charge < -0.3 is 9.47 Å². The lowest BCUT2D eigenvalue weighted by Crippen LogP contribution is -2.25. The molecule has 0 aromatic rings. The summed E-state index contributed by atoms with van der Waals surface area (Å²) in [5, 5.41) is 0. The summed E-state index contributed by atoms with van der Waals surface area (Å²) in [7, 11) is 0. The second-order valence-electron chi connectivity index (χ2n) is 2.74. The van der Waals surface area contributed by atoms with Crippen LogP contribution in [-0.2, 0) is 9.47 Å². The average Bonchev–Trinajstić information content (AvgIpc) is 2.06. The van der Waals surface area contributed by atoms with Gasteiger partial charge in [0.2, 0.25) is 0 Å². The molecule has 0 aliphatic carbocycles. The van der Waals surface area contributed by atoms with E-state index in [0.29, 0.717) is 0 Å². The third kappa shape index (κ3) is 2.92. The molecule has 1 fully saturated rings. The van der Waals surface area contributed by atoms with E-state index < -0.39 is 0 Å². The Labute approximate surface area is 67.9 Å². The first-order valence-electron chi connectivity index (χ1n) is 4.06. The maximum atomic E-state index is 5.38. The molecule has 2 nitrogen and oxygen atoms in total. The van der Waals surface area contributed by atoms with Gasteiger partial charge in [-0.05, 0) is 26.2 Å². The van der Waals surface area contributed by atoms with E-state index >= 15 is 0 Å². The predicted molar refractivity (Wildman–Crippen MR) is 43.0 cm³/mol. The van der Waals surface area contributed by atoms with Gasteiger partial charge >= 0.3 is 0 Å². The quantitative estimate of drug-likeness (QED) is 0.562. The highest BCUT2D eigenvalue weighted by atomic mass is 16.7. The number of terminal acetylenes is 1. The van der Waals surface area contributed by atoms with E-state index in [1.165, 1.54) is 6.42 Å². The molecule has 1 aliphatic rings. The van der Waals surface area contributed by atoms with Crippen molar-refractivity contribution in [1.29, 1.82) is 0 Å². The minimum Gasteiger partial charge on any atom is -0.353 e. The first-order chi connectivity index (χ1) is 5.33. The molecule has 0 N–H and O–H groups in total. The summed E-state index contributed by atoms with van der Waals surface area (Å²) in [6, 6.07) is 0. The van der Waals surface area contributed by atoms with E-state index in [1.807, 2.05) is 6.92 Å². The van der Waals surface area contributed by atoms with Crippen molar-refractivity contribution in [2.24, 2.45) is 0 Å². The molecule has 2 unspecified atom stereocenters. The standard InChI is InChI=1S/C9H14O2/c1-3-8(2)11-9-6-4-5-7-10-9/h1,8-9H,4-7H2,2H3. The molecule has 0 aromatic carbocycles. The molecular formula is C9H14O2. The summed E-state index contributed by atoms with van der Waals surface area (Å²) in [6.45, 7) is 2.67. The van der Waals surface area contributed by atoms with E-state index in [-0.39, 0.29) is 12.4 Å². The van der Waals surface area contributed by atoms with E-state index in [2.05, 4.69) is 5.92 Å². The van der Waals surface area contributed by atoms with E-state index in [1.54, 1.807) is 0 Å². The van der Waals surface area contributed by atoms with E-state index in [0.717, 1.165) is 19.4 Å². The first-order valence-corrected chi connectivity index (χ1v) is 4.06. The Bertz CT molecular complexity index is 142. The van der Waals surface area contributed by atoms with Crippen molar-refractivity contribution < 1.29 is 9.47 Å². The van der Waals surface area contributed by atoms with Crippen LogP contribution < -0.4 is 0 Å². The van der Waals surface area contributed by atoms with Gasteiger partial charge in [0.15, 0.2) is 6.29 Å². The number of hydrogen-bond acceptors (Lipinski definition) is 2. The molecule has 0 saturated carbocycles. The normalized spacial score (nSPS) is 27.5. The van der Waals surface area contributed by atoms with Crippen molar-refractivity contribution in [2.75, 3.05) is 6.61 Å². The molecule has 0 aromatic heterocycles. The maximum Gasteiger partial charge on any atom is 0.159 e. The second kappa shape index (κ2) is 4.38. The van der Waals surface area contributed by atoms with Crippen molar-refractivity contribution in [1.82, 2.24) is 0 Å². The summed E-state index contributed by atoms with van der Waals surface area (Å²) in [4.78, 5) is 0. The first kappa shape index (κ1) is 8.58. The fourth-order valence-electron chi connectivity index (χ4n) is 1.09. The van der Waals surface area contributed by atoms with Crippen molar-refractivity contribution in [3.63, 3.8) is 0 Å². The summed E-state index contributed by atoms with van der Waals surface area (Å²) in [5.74, 6) is 2.51. The molecule has 62 valence electrons. The molecule has 2 atom stereocenters. The third-order valence-corrected chi connectivity index (χ3v) is 1.73. The van der Waals surface area contributed by atoms with Crippen LogP contribution in [0.1, 0.15) is 26.2 Å². The van der Waals surface area contributed by atoms with Crippen LogP contribution in [0.2, 0.25) is 0 Å². The summed E-state index contributed by atoms with van der Waals surface area (Å²) < 4.78 is 10.7. The van der Waals surface area contributed by atoms with E-state index in [9.17, 15) is 0 Å². The van der Waals surface area contributed by atoms with Crippen molar-refractivity contribution in [3.05, 3.63) is 0 Å². The van der Waals surface area contributed by atoms with Gasteiger partial charge in [0.25, 0.3) is 0 Å². The summed E-state index contributed by atoms with van der Waals surface area (Å²) in [6.07, 6.45) is 8.28. The molecule has 0 radical (unpaired) electrons. The molecule has 2 heteroatoms. The van der Waals surface area contributed by atoms with Crippen LogP contribution in [0.15, 0.2) is 0 Å². The molecule has 1 rings (SSSR count). The Hall–Kier alpha value is -0.520. The van der Waals surface area contributed by atoms with Gasteiger partial charge in [-0.1, -0.05) is 5.92 Å². The van der Waals surface area contributed by atoms with Crippen LogP contribution in [0.5, 0.6) is 0 Å². The lowest BCUT2D eigenvalue weighted by Gasteiger charge is -2.23. The van der Waals surface area contributed by atoms with E-state index in [4.69, 9.17) is 15.9 Å². The number of ether oxygens (including phenoxy) is 2. The largest absolute Gasteiger partial charge is 0.353 e. The van der Waals surface area contributed by atoms with Crippen LogP contribution in [-0.4, -0.2) is 19.0 Å². The van der Waals surface area contributed by atoms with Crippen molar-refractivity contribution >= 4 is 0 Å². The number of rotatable bonds is 2. The Balaban J connectivity index is 2.20. The van der Waals surface area contributed by atoms with Crippen LogP contribution in [0.3, 0.4) is 0 Å².